The fraction of sp³-hybridized carbons (Fsp3) is 1.00. The van der Waals surface area contributed by atoms with Crippen LogP contribution in [0.15, 0.2) is 0 Å². The predicted molar refractivity (Wildman–Crippen MR) is 68.4 cm³/mol. The minimum atomic E-state index is 0.833. The van der Waals surface area contributed by atoms with Crippen molar-refractivity contribution < 1.29 is 0 Å². The van der Waals surface area contributed by atoms with E-state index >= 15 is 0 Å². The van der Waals surface area contributed by atoms with Gasteiger partial charge in [-0.15, -0.1) is 0 Å². The van der Waals surface area contributed by atoms with Gasteiger partial charge in [0.1, 0.15) is 0 Å². The van der Waals surface area contributed by atoms with E-state index in [1.807, 2.05) is 27.7 Å². The molecule has 0 aromatic carbocycles. The molecule has 0 heteroatoms. The third-order valence-electron chi connectivity index (χ3n) is 0.707. The molecule has 0 unspecified atom stereocenters. The maximum atomic E-state index is 2.21. The smallest absolute Gasteiger partial charge is 0.0500 e. The van der Waals surface area contributed by atoms with Gasteiger partial charge in [-0.2, -0.15) is 0 Å². The van der Waals surface area contributed by atoms with E-state index in [1.165, 1.54) is 19.3 Å². The highest BCUT2D eigenvalue weighted by atomic mass is 13.7. The first-order valence-corrected chi connectivity index (χ1v) is 6.15. The summed E-state index contributed by atoms with van der Waals surface area (Å²) in [5.41, 5.74) is 0. The van der Waals surface area contributed by atoms with Crippen LogP contribution in [0.5, 0.6) is 0 Å². The lowest BCUT2D eigenvalue weighted by molar-refractivity contribution is 0.737. The second-order valence-electron chi connectivity index (χ2n) is 3.09. The van der Waals surface area contributed by atoms with E-state index in [2.05, 4.69) is 34.6 Å². The van der Waals surface area contributed by atoms with Crippen LogP contribution < -0.4 is 0 Å². The molecule has 0 aliphatic heterocycles. The molecule has 0 saturated carbocycles. The lowest BCUT2D eigenvalue weighted by atomic mass is 10.3. The molecule has 0 spiro atoms. The van der Waals surface area contributed by atoms with E-state index in [0.717, 1.165) is 5.92 Å². The molecule has 0 N–H and O–H groups in total. The van der Waals surface area contributed by atoms with Gasteiger partial charge < -0.3 is 0 Å². The Morgan fingerprint density at radius 2 is 0.846 bits per heavy atom. The van der Waals surface area contributed by atoms with Gasteiger partial charge in [0.25, 0.3) is 0 Å². The molecule has 0 aliphatic carbocycles. The van der Waals surface area contributed by atoms with Crippen LogP contribution in [0.1, 0.15) is 81.6 Å². The molecule has 0 nitrogen and oxygen atoms in total. The lowest BCUT2D eigenvalue weighted by Gasteiger charge is -1.79. The first-order valence-electron chi connectivity index (χ1n) is 6.15. The quantitative estimate of drug-likeness (QED) is 0.507. The summed E-state index contributed by atoms with van der Waals surface area (Å²) in [6.45, 7) is 18.9. The number of rotatable bonds is 2. The second-order valence-corrected chi connectivity index (χ2v) is 3.09. The normalized spacial score (nSPS) is 6.92. The Kier molecular flexibility index (Phi) is 71.7. The average molecular weight is 190 g/mol. The highest BCUT2D eigenvalue weighted by Gasteiger charge is 1.68. The third kappa shape index (κ3) is 300. The predicted octanol–water partition coefficient (Wildman–Crippen LogP) is 5.91. The van der Waals surface area contributed by atoms with Gasteiger partial charge in [-0.3, -0.25) is 0 Å². The molecule has 0 aromatic heterocycles. The molecule has 0 heterocycles. The summed E-state index contributed by atoms with van der Waals surface area (Å²) < 4.78 is 0. The van der Waals surface area contributed by atoms with Crippen molar-refractivity contribution in [1.82, 2.24) is 0 Å². The van der Waals surface area contributed by atoms with Crippen LogP contribution in [0.2, 0.25) is 0 Å². The fourth-order valence-electron chi connectivity index (χ4n) is 0.354. The monoisotopic (exact) mass is 190 g/mol. The first-order chi connectivity index (χ1) is 6.15. The molecule has 0 rings (SSSR count). The van der Waals surface area contributed by atoms with Crippen LogP contribution in [-0.2, 0) is 0 Å². The molecule has 0 fully saturated rings. The average Bonchev–Trinajstić information content (AvgIpc) is 2.12. The summed E-state index contributed by atoms with van der Waals surface area (Å²) in [6, 6.07) is 0. The van der Waals surface area contributed by atoms with E-state index in [9.17, 15) is 0 Å². The molecule has 0 amide bonds. The van der Waals surface area contributed by atoms with Crippen LogP contribution in [0.3, 0.4) is 0 Å². The topological polar surface area (TPSA) is 0 Å². The standard InChI is InChI=1S/C5H12.C4H10.2C2H6/c1-3-5-4-2;1-4(2)3;2*1-2/h3-5H2,1-2H3;4H,1-3H3;2*1-2H3. The third-order valence-corrected chi connectivity index (χ3v) is 0.707. The van der Waals surface area contributed by atoms with E-state index in [4.69, 9.17) is 0 Å². The van der Waals surface area contributed by atoms with E-state index in [0.29, 0.717) is 0 Å². The minimum Gasteiger partial charge on any atom is -0.0683 e. The van der Waals surface area contributed by atoms with Crippen LogP contribution in [0.25, 0.3) is 0 Å². The van der Waals surface area contributed by atoms with Crippen molar-refractivity contribution in [2.45, 2.75) is 81.6 Å². The van der Waals surface area contributed by atoms with Gasteiger partial charge in [0.15, 0.2) is 0 Å². The molecular weight excluding hydrogens is 156 g/mol. The molecule has 86 valence electrons. The van der Waals surface area contributed by atoms with Gasteiger partial charge in [0.05, 0.1) is 0 Å². The Morgan fingerprint density at radius 1 is 0.692 bits per heavy atom. The summed E-state index contributed by atoms with van der Waals surface area (Å²) in [5, 5.41) is 0. The van der Waals surface area contributed by atoms with Gasteiger partial charge in [-0.1, -0.05) is 81.6 Å². The Balaban J connectivity index is -0.0000000457. The second kappa shape index (κ2) is 40.3. The fourth-order valence-corrected chi connectivity index (χ4v) is 0.354. The zero-order valence-electron chi connectivity index (χ0n) is 11.7. The van der Waals surface area contributed by atoms with Crippen molar-refractivity contribution in [3.8, 4) is 0 Å². The van der Waals surface area contributed by atoms with Gasteiger partial charge in [-0.05, 0) is 5.92 Å². The molecule has 0 saturated heterocycles. The summed E-state index contributed by atoms with van der Waals surface area (Å²) in [7, 11) is 0. The zero-order chi connectivity index (χ0) is 11.7. The van der Waals surface area contributed by atoms with Crippen molar-refractivity contribution in [3.05, 3.63) is 0 Å². The largest absolute Gasteiger partial charge is 0.0683 e. The highest BCUT2D eigenvalue weighted by molar-refractivity contribution is 4.24. The van der Waals surface area contributed by atoms with E-state index in [-0.39, 0.29) is 0 Å². The summed E-state index contributed by atoms with van der Waals surface area (Å²) >= 11 is 0. The van der Waals surface area contributed by atoms with E-state index < -0.39 is 0 Å². The SMILES string of the molecule is CC.CC.CC(C)C.CCCCC. The molecule has 0 bridgehead atoms. The number of unbranched alkanes of at least 4 members (excludes halogenated alkanes) is 2. The Morgan fingerprint density at radius 3 is 0.846 bits per heavy atom. The van der Waals surface area contributed by atoms with Crippen LogP contribution in [0.4, 0.5) is 0 Å². The summed E-state index contributed by atoms with van der Waals surface area (Å²) in [5.74, 6) is 0.833. The number of hydrogen-bond acceptors (Lipinski definition) is 0. The lowest BCUT2D eigenvalue weighted by Crippen LogP contribution is -1.66. The molecule has 0 atom stereocenters. The van der Waals surface area contributed by atoms with Gasteiger partial charge in [0.2, 0.25) is 0 Å². The summed E-state index contributed by atoms with van der Waals surface area (Å²) in [6.07, 6.45) is 4.08. The van der Waals surface area contributed by atoms with E-state index in [1.54, 1.807) is 0 Å². The van der Waals surface area contributed by atoms with Crippen LogP contribution in [0, 0.1) is 5.92 Å². The van der Waals surface area contributed by atoms with Gasteiger partial charge in [-0.25, -0.2) is 0 Å². The van der Waals surface area contributed by atoms with Crippen molar-refractivity contribution in [2.75, 3.05) is 0 Å². The highest BCUT2D eigenvalue weighted by Crippen LogP contribution is 1.88. The first kappa shape index (κ1) is 23.1. The molecule has 0 aromatic rings. The summed E-state index contributed by atoms with van der Waals surface area (Å²) in [4.78, 5) is 0. The van der Waals surface area contributed by atoms with Crippen molar-refractivity contribution in [3.63, 3.8) is 0 Å². The number of hydrogen-bond donors (Lipinski definition) is 0. The van der Waals surface area contributed by atoms with Gasteiger partial charge >= 0.3 is 0 Å². The molecule has 13 heavy (non-hydrogen) atoms. The Hall–Kier alpha value is 0. The van der Waals surface area contributed by atoms with Crippen molar-refractivity contribution in [2.24, 2.45) is 5.92 Å². The Bertz CT molecular complexity index is 24.3. The van der Waals surface area contributed by atoms with Crippen molar-refractivity contribution >= 4 is 0 Å². The maximum absolute atomic E-state index is 2.21. The molecule has 0 aliphatic rings. The van der Waals surface area contributed by atoms with Crippen molar-refractivity contribution in [1.29, 1.82) is 0 Å². The van der Waals surface area contributed by atoms with Crippen LogP contribution in [-0.4, -0.2) is 0 Å². The maximum Gasteiger partial charge on any atom is -0.0500 e. The van der Waals surface area contributed by atoms with Crippen LogP contribution >= 0.6 is 0 Å². The molecule has 0 radical (unpaired) electrons. The van der Waals surface area contributed by atoms with Gasteiger partial charge in [0, 0.05) is 0 Å². The zero-order valence-corrected chi connectivity index (χ0v) is 11.7. The minimum absolute atomic E-state index is 0.833. The molecular formula is C13H34. The Labute approximate surface area is 88.1 Å².